The molecule has 0 radical (unpaired) electrons. The zero-order valence-electron chi connectivity index (χ0n) is 18.0. The number of methoxy groups -OCH3 is 2. The molecule has 2 N–H and O–H groups in total. The van der Waals surface area contributed by atoms with Crippen LogP contribution in [0, 0.1) is 0 Å². The van der Waals surface area contributed by atoms with Crippen molar-refractivity contribution in [2.45, 2.75) is 25.3 Å². The van der Waals surface area contributed by atoms with Crippen LogP contribution in [0.15, 0.2) is 47.5 Å². The Bertz CT molecular complexity index is 947. The number of nitrogens with zero attached hydrogens (tertiary/aromatic N) is 2. The molecule has 1 aliphatic heterocycles. The van der Waals surface area contributed by atoms with E-state index in [1.807, 2.05) is 49.5 Å². The van der Waals surface area contributed by atoms with Crippen molar-refractivity contribution < 1.29 is 14.3 Å². The molecule has 6 nitrogen and oxygen atoms in total. The Morgan fingerprint density at radius 1 is 1.20 bits per heavy atom. The van der Waals surface area contributed by atoms with Crippen LogP contribution in [0.5, 0.6) is 11.5 Å². The van der Waals surface area contributed by atoms with E-state index in [9.17, 15) is 4.79 Å². The molecule has 7 heteroatoms. The summed E-state index contributed by atoms with van der Waals surface area (Å²) in [6.45, 7) is 2.67. The molecule has 0 aromatic heterocycles. The van der Waals surface area contributed by atoms with Crippen LogP contribution < -0.4 is 15.2 Å². The van der Waals surface area contributed by atoms with Gasteiger partial charge >= 0.3 is 0 Å². The van der Waals surface area contributed by atoms with Crippen LogP contribution >= 0.6 is 11.8 Å². The quantitative estimate of drug-likeness (QED) is 0.729. The Hall–Kier alpha value is -2.67. The van der Waals surface area contributed by atoms with Gasteiger partial charge in [0.25, 0.3) is 5.91 Å². The molecule has 0 spiro atoms. The molecule has 1 amide bonds. The van der Waals surface area contributed by atoms with E-state index in [0.29, 0.717) is 28.8 Å². The van der Waals surface area contributed by atoms with Gasteiger partial charge in [0.15, 0.2) is 16.7 Å². The van der Waals surface area contributed by atoms with Crippen molar-refractivity contribution in [1.29, 1.82) is 0 Å². The first-order valence-electron chi connectivity index (χ1n) is 9.91. The molecule has 160 valence electrons. The minimum atomic E-state index is -0.385. The SMILES string of the molecule is COc1ccc(CCN(C)C(=O)c2cccc(C3(C)CCSC(N)=N3)c2)cc1OC. The summed E-state index contributed by atoms with van der Waals surface area (Å²) >= 11 is 1.58. The molecular weight excluding hydrogens is 398 g/mol. The lowest BCUT2D eigenvalue weighted by Gasteiger charge is -2.30. The Labute approximate surface area is 182 Å². The molecule has 0 aliphatic carbocycles. The van der Waals surface area contributed by atoms with Gasteiger partial charge in [-0.3, -0.25) is 9.79 Å². The molecule has 2 aromatic rings. The number of rotatable bonds is 7. The predicted octanol–water partition coefficient (Wildman–Crippen LogP) is 3.69. The number of benzene rings is 2. The summed E-state index contributed by atoms with van der Waals surface area (Å²) in [5.74, 6) is 2.30. The van der Waals surface area contributed by atoms with Crippen molar-refractivity contribution >= 4 is 22.8 Å². The van der Waals surface area contributed by atoms with Crippen molar-refractivity contribution in [3.05, 3.63) is 59.2 Å². The fraction of sp³-hybridized carbons (Fsp3) is 0.391. The van der Waals surface area contributed by atoms with Crippen LogP contribution in [0.4, 0.5) is 0 Å². The fourth-order valence-electron chi connectivity index (χ4n) is 3.54. The summed E-state index contributed by atoms with van der Waals surface area (Å²) in [6.07, 6.45) is 1.61. The van der Waals surface area contributed by atoms with Crippen LogP contribution in [-0.2, 0) is 12.0 Å². The number of nitrogens with two attached hydrogens (primary N) is 1. The van der Waals surface area contributed by atoms with Crippen molar-refractivity contribution in [3.8, 4) is 11.5 Å². The van der Waals surface area contributed by atoms with E-state index in [2.05, 4.69) is 11.9 Å². The number of aliphatic imine (C=N–C) groups is 1. The highest BCUT2D eigenvalue weighted by Crippen LogP contribution is 2.35. The lowest BCUT2D eigenvalue weighted by molar-refractivity contribution is 0.0796. The second-order valence-electron chi connectivity index (χ2n) is 7.57. The van der Waals surface area contributed by atoms with Gasteiger partial charge in [0, 0.05) is 24.9 Å². The Balaban J connectivity index is 1.70. The summed E-state index contributed by atoms with van der Waals surface area (Å²) in [4.78, 5) is 19.4. The van der Waals surface area contributed by atoms with Gasteiger partial charge in [-0.15, -0.1) is 0 Å². The normalized spacial score (nSPS) is 18.5. The molecule has 3 rings (SSSR count). The first kappa shape index (κ1) is 22.0. The first-order chi connectivity index (χ1) is 14.4. The van der Waals surface area contributed by atoms with Gasteiger partial charge in [-0.1, -0.05) is 30.0 Å². The number of ether oxygens (including phenoxy) is 2. The Morgan fingerprint density at radius 2 is 1.97 bits per heavy atom. The third-order valence-corrected chi connectivity index (χ3v) is 6.25. The number of hydrogen-bond acceptors (Lipinski definition) is 6. The predicted molar refractivity (Wildman–Crippen MR) is 123 cm³/mol. The standard InChI is InChI=1S/C23H29N3O3S/c1-23(11-13-30-22(24)25-23)18-7-5-6-17(15-18)21(27)26(2)12-10-16-8-9-19(28-3)20(14-16)29-4/h5-9,14-15H,10-13H2,1-4H3,(H2,24,25). The largest absolute Gasteiger partial charge is 0.493 e. The van der Waals surface area contributed by atoms with Gasteiger partial charge in [-0.2, -0.15) is 0 Å². The smallest absolute Gasteiger partial charge is 0.253 e. The van der Waals surface area contributed by atoms with Crippen LogP contribution in [0.1, 0.15) is 34.8 Å². The zero-order chi connectivity index (χ0) is 21.7. The third kappa shape index (κ3) is 4.90. The maximum absolute atomic E-state index is 13.0. The molecule has 1 aliphatic rings. The average Bonchev–Trinajstić information content (AvgIpc) is 2.76. The van der Waals surface area contributed by atoms with Gasteiger partial charge in [-0.25, -0.2) is 0 Å². The van der Waals surface area contributed by atoms with Crippen LogP contribution in [0.3, 0.4) is 0 Å². The third-order valence-electron chi connectivity index (χ3n) is 5.46. The van der Waals surface area contributed by atoms with E-state index in [1.165, 1.54) is 0 Å². The van der Waals surface area contributed by atoms with Crippen LogP contribution in [-0.4, -0.2) is 49.5 Å². The van der Waals surface area contributed by atoms with Gasteiger partial charge in [0.2, 0.25) is 0 Å². The maximum atomic E-state index is 13.0. The number of likely N-dealkylation sites (N-methyl/N-ethyl adjacent to an activating group) is 1. The number of amides is 1. The number of carbonyl (C=O) groups is 1. The van der Waals surface area contributed by atoms with E-state index in [-0.39, 0.29) is 11.4 Å². The van der Waals surface area contributed by atoms with Gasteiger partial charge in [0.05, 0.1) is 19.8 Å². The molecule has 0 fully saturated rings. The topological polar surface area (TPSA) is 77.2 Å². The Kier molecular flexibility index (Phi) is 6.92. The summed E-state index contributed by atoms with van der Waals surface area (Å²) in [5.41, 5.74) is 8.33. The summed E-state index contributed by atoms with van der Waals surface area (Å²) in [6, 6.07) is 13.6. The Morgan fingerprint density at radius 3 is 2.67 bits per heavy atom. The van der Waals surface area contributed by atoms with Crippen molar-refractivity contribution in [3.63, 3.8) is 0 Å². The van der Waals surface area contributed by atoms with Crippen molar-refractivity contribution in [1.82, 2.24) is 4.90 Å². The highest BCUT2D eigenvalue weighted by Gasteiger charge is 2.30. The molecule has 0 saturated heterocycles. The van der Waals surface area contributed by atoms with Crippen molar-refractivity contribution in [2.24, 2.45) is 10.7 Å². The maximum Gasteiger partial charge on any atom is 0.253 e. The summed E-state index contributed by atoms with van der Waals surface area (Å²) < 4.78 is 10.6. The van der Waals surface area contributed by atoms with E-state index >= 15 is 0 Å². The van der Waals surface area contributed by atoms with Gasteiger partial charge < -0.3 is 20.1 Å². The summed E-state index contributed by atoms with van der Waals surface area (Å²) in [7, 11) is 5.06. The molecule has 0 bridgehead atoms. The number of amidine groups is 1. The van der Waals surface area contributed by atoms with Gasteiger partial charge in [0.1, 0.15) is 0 Å². The average molecular weight is 428 g/mol. The second kappa shape index (κ2) is 9.43. The van der Waals surface area contributed by atoms with E-state index in [0.717, 1.165) is 29.7 Å². The summed E-state index contributed by atoms with van der Waals surface area (Å²) in [5, 5.41) is 0.604. The first-order valence-corrected chi connectivity index (χ1v) is 10.9. The van der Waals surface area contributed by atoms with E-state index in [1.54, 1.807) is 30.9 Å². The zero-order valence-corrected chi connectivity index (χ0v) is 18.8. The second-order valence-corrected chi connectivity index (χ2v) is 8.68. The minimum Gasteiger partial charge on any atom is -0.493 e. The number of thioether (sulfide) groups is 1. The van der Waals surface area contributed by atoms with E-state index in [4.69, 9.17) is 15.2 Å². The van der Waals surface area contributed by atoms with Gasteiger partial charge in [-0.05, 0) is 55.2 Å². The van der Waals surface area contributed by atoms with Crippen LogP contribution in [0.25, 0.3) is 0 Å². The highest BCUT2D eigenvalue weighted by molar-refractivity contribution is 8.13. The lowest BCUT2D eigenvalue weighted by Crippen LogP contribution is -2.31. The van der Waals surface area contributed by atoms with E-state index < -0.39 is 0 Å². The highest BCUT2D eigenvalue weighted by atomic mass is 32.2. The number of hydrogen-bond donors (Lipinski definition) is 1. The lowest BCUT2D eigenvalue weighted by atomic mass is 9.88. The minimum absolute atomic E-state index is 0.0111. The van der Waals surface area contributed by atoms with Crippen molar-refractivity contribution in [2.75, 3.05) is 33.6 Å². The molecule has 30 heavy (non-hydrogen) atoms. The molecule has 1 unspecified atom stereocenters. The molecule has 2 aromatic carbocycles. The van der Waals surface area contributed by atoms with Crippen LogP contribution in [0.2, 0.25) is 0 Å². The fourth-order valence-corrected chi connectivity index (χ4v) is 4.51. The molecule has 1 heterocycles. The number of carbonyl (C=O) groups excluding carboxylic acids is 1. The molecule has 0 saturated carbocycles. The monoisotopic (exact) mass is 427 g/mol. The molecular formula is C23H29N3O3S. The molecule has 1 atom stereocenters.